The Morgan fingerprint density at radius 3 is 2.67 bits per heavy atom. The summed E-state index contributed by atoms with van der Waals surface area (Å²) >= 11 is 0. The van der Waals surface area contributed by atoms with E-state index in [1.54, 1.807) is 18.2 Å². The van der Waals surface area contributed by atoms with Crippen LogP contribution in [-0.2, 0) is 0 Å². The Morgan fingerprint density at radius 1 is 1.08 bits per heavy atom. The number of rotatable bonds is 1. The molecule has 0 bridgehead atoms. The highest BCUT2D eigenvalue weighted by Crippen LogP contribution is 2.48. The maximum Gasteiger partial charge on any atom is 0.224 e. The lowest BCUT2D eigenvalue weighted by atomic mass is 9.74. The minimum atomic E-state index is -0.469. The van der Waals surface area contributed by atoms with Crippen LogP contribution in [0.2, 0.25) is 0 Å². The van der Waals surface area contributed by atoms with Crippen LogP contribution in [-0.4, -0.2) is 10.2 Å². The third-order valence-electron chi connectivity index (χ3n) is 5.36. The molecule has 2 unspecified atom stereocenters. The third kappa shape index (κ3) is 2.17. The summed E-state index contributed by atoms with van der Waals surface area (Å²) in [5.74, 6) is 0.629. The quantitative estimate of drug-likeness (QED) is 0.642. The minimum absolute atomic E-state index is 0.0230. The second-order valence-electron chi connectivity index (χ2n) is 6.83. The van der Waals surface area contributed by atoms with Gasteiger partial charge in [0.05, 0.1) is 0 Å². The molecule has 0 amide bonds. The zero-order valence-corrected chi connectivity index (χ0v) is 13.6. The summed E-state index contributed by atoms with van der Waals surface area (Å²) < 4.78 is 5.76. The molecular weight excluding hydrogens is 304 g/mol. The molecule has 1 aromatic carbocycles. The van der Waals surface area contributed by atoms with Crippen LogP contribution >= 0.6 is 0 Å². The molecule has 1 heterocycles. The number of fused-ring (bicyclic) bond motifs is 2. The van der Waals surface area contributed by atoms with Gasteiger partial charge in [-0.25, -0.2) is 0 Å². The highest BCUT2D eigenvalue weighted by Gasteiger charge is 2.30. The van der Waals surface area contributed by atoms with E-state index in [1.165, 1.54) is 12.5 Å². The molecule has 124 valence electrons. The van der Waals surface area contributed by atoms with Crippen molar-refractivity contribution in [1.82, 2.24) is 0 Å². The van der Waals surface area contributed by atoms with Crippen molar-refractivity contribution in [2.75, 3.05) is 0 Å². The van der Waals surface area contributed by atoms with Crippen LogP contribution < -0.4 is 5.43 Å². The predicted octanol–water partition coefficient (Wildman–Crippen LogP) is 4.60. The van der Waals surface area contributed by atoms with Crippen LogP contribution in [0.1, 0.15) is 44.1 Å². The molecule has 4 nitrogen and oxygen atoms in total. The first-order valence-electron chi connectivity index (χ1n) is 8.48. The smallest absolute Gasteiger partial charge is 0.224 e. The number of para-hydroxylation sites is 1. The average Bonchev–Trinajstić information content (AvgIpc) is 2.58. The molecule has 2 atom stereocenters. The van der Waals surface area contributed by atoms with Crippen molar-refractivity contribution in [3.8, 4) is 22.8 Å². The Morgan fingerprint density at radius 2 is 1.88 bits per heavy atom. The zero-order valence-electron chi connectivity index (χ0n) is 13.6. The number of hydrogen-bond acceptors (Lipinski definition) is 4. The molecule has 3 aliphatic rings. The topological polar surface area (TPSA) is 70.7 Å². The van der Waals surface area contributed by atoms with Crippen LogP contribution in [0.25, 0.3) is 22.3 Å². The largest absolute Gasteiger partial charge is 0.504 e. The van der Waals surface area contributed by atoms with E-state index in [0.717, 1.165) is 35.8 Å². The standard InChI is InChI=1S/C20H20O4/c1-11-5-2-3-6-12(11)17-13-7-4-8-16(22)19(13)24-20-14(17)9-10-15(21)18(20)23/h4,7-12,22-23H,2-3,5-6H2,1H3. The van der Waals surface area contributed by atoms with E-state index in [-0.39, 0.29) is 17.3 Å². The summed E-state index contributed by atoms with van der Waals surface area (Å²) in [7, 11) is 0. The Kier molecular flexibility index (Phi) is 3.48. The Balaban J connectivity index is 2.13. The van der Waals surface area contributed by atoms with Gasteiger partial charge in [0, 0.05) is 10.9 Å². The van der Waals surface area contributed by atoms with E-state index in [4.69, 9.17) is 4.42 Å². The van der Waals surface area contributed by atoms with E-state index in [0.29, 0.717) is 17.4 Å². The van der Waals surface area contributed by atoms with Gasteiger partial charge in [-0.3, -0.25) is 4.79 Å². The predicted molar refractivity (Wildman–Crippen MR) is 92.8 cm³/mol. The lowest BCUT2D eigenvalue weighted by molar-refractivity contribution is 0.331. The normalized spacial score (nSPS) is 21.4. The SMILES string of the molecule is CC1CCCCC1c1c2ccc(=O)c(O)c-2oc2c(O)cccc12. The molecule has 0 aromatic heterocycles. The van der Waals surface area contributed by atoms with Gasteiger partial charge >= 0.3 is 0 Å². The number of aromatic hydroxyl groups is 2. The van der Waals surface area contributed by atoms with Crippen LogP contribution in [0, 0.1) is 5.92 Å². The average molecular weight is 324 g/mol. The van der Waals surface area contributed by atoms with Gasteiger partial charge in [-0.2, -0.15) is 0 Å². The maximum atomic E-state index is 11.8. The van der Waals surface area contributed by atoms with Gasteiger partial charge in [0.1, 0.15) is 0 Å². The molecule has 1 aliphatic heterocycles. The summed E-state index contributed by atoms with van der Waals surface area (Å²) in [6.07, 6.45) is 4.61. The molecule has 1 fully saturated rings. The van der Waals surface area contributed by atoms with Gasteiger partial charge in [-0.15, -0.1) is 0 Å². The van der Waals surface area contributed by atoms with Crippen molar-refractivity contribution in [2.45, 2.75) is 38.5 Å². The summed E-state index contributed by atoms with van der Waals surface area (Å²) in [5.41, 5.74) is 1.70. The van der Waals surface area contributed by atoms with Crippen LogP contribution in [0.15, 0.2) is 39.5 Å². The first kappa shape index (κ1) is 15.1. The highest BCUT2D eigenvalue weighted by molar-refractivity contribution is 5.92. The van der Waals surface area contributed by atoms with E-state index < -0.39 is 5.43 Å². The Bertz CT molecular complexity index is 940. The van der Waals surface area contributed by atoms with Crippen molar-refractivity contribution in [1.29, 1.82) is 0 Å². The fourth-order valence-electron chi connectivity index (χ4n) is 4.10. The Hall–Kier alpha value is -2.49. The number of phenolic OH excluding ortho intramolecular Hbond substituents is 2. The molecule has 24 heavy (non-hydrogen) atoms. The summed E-state index contributed by atoms with van der Waals surface area (Å²) in [6, 6.07) is 8.43. The van der Waals surface area contributed by atoms with Crippen molar-refractivity contribution in [2.24, 2.45) is 5.92 Å². The van der Waals surface area contributed by atoms with Crippen LogP contribution in [0.4, 0.5) is 0 Å². The Labute approximate surface area is 139 Å². The molecule has 0 saturated heterocycles. The van der Waals surface area contributed by atoms with Gasteiger partial charge in [-0.05, 0) is 42.0 Å². The van der Waals surface area contributed by atoms with Crippen molar-refractivity contribution in [3.05, 3.63) is 46.1 Å². The third-order valence-corrected chi connectivity index (χ3v) is 5.36. The molecular formula is C20H20O4. The van der Waals surface area contributed by atoms with E-state index in [9.17, 15) is 15.0 Å². The molecule has 2 aliphatic carbocycles. The molecule has 2 N–H and O–H groups in total. The van der Waals surface area contributed by atoms with Gasteiger partial charge in [0.15, 0.2) is 17.1 Å². The number of phenols is 2. The van der Waals surface area contributed by atoms with Crippen molar-refractivity contribution < 1.29 is 14.6 Å². The second-order valence-corrected chi connectivity index (χ2v) is 6.83. The summed E-state index contributed by atoms with van der Waals surface area (Å²) in [6.45, 7) is 2.25. The van der Waals surface area contributed by atoms with Gasteiger partial charge in [0.2, 0.25) is 11.2 Å². The monoisotopic (exact) mass is 324 g/mol. The lowest BCUT2D eigenvalue weighted by Gasteiger charge is -2.32. The highest BCUT2D eigenvalue weighted by atomic mass is 16.4. The van der Waals surface area contributed by atoms with E-state index in [1.807, 2.05) is 6.07 Å². The van der Waals surface area contributed by atoms with Crippen LogP contribution in [0.5, 0.6) is 11.5 Å². The van der Waals surface area contributed by atoms with Gasteiger partial charge < -0.3 is 14.6 Å². The second kappa shape index (κ2) is 5.55. The van der Waals surface area contributed by atoms with Crippen molar-refractivity contribution >= 4 is 11.0 Å². The molecule has 4 rings (SSSR count). The maximum absolute atomic E-state index is 11.8. The fraction of sp³-hybridized carbons (Fsp3) is 0.350. The van der Waals surface area contributed by atoms with Crippen molar-refractivity contribution in [3.63, 3.8) is 0 Å². The lowest BCUT2D eigenvalue weighted by Crippen LogP contribution is -2.17. The molecule has 4 heteroatoms. The molecule has 0 radical (unpaired) electrons. The number of benzene rings is 2. The first-order chi connectivity index (χ1) is 11.6. The van der Waals surface area contributed by atoms with E-state index in [2.05, 4.69) is 6.92 Å². The minimum Gasteiger partial charge on any atom is -0.504 e. The van der Waals surface area contributed by atoms with E-state index >= 15 is 0 Å². The number of hydrogen-bond donors (Lipinski definition) is 2. The molecule has 1 saturated carbocycles. The zero-order chi connectivity index (χ0) is 16.8. The first-order valence-corrected chi connectivity index (χ1v) is 8.48. The fourth-order valence-corrected chi connectivity index (χ4v) is 4.10. The molecule has 1 aromatic rings. The molecule has 0 spiro atoms. The summed E-state index contributed by atoms with van der Waals surface area (Å²) in [4.78, 5) is 11.8. The summed E-state index contributed by atoms with van der Waals surface area (Å²) in [5, 5.41) is 21.3. The van der Waals surface area contributed by atoms with Gasteiger partial charge in [-0.1, -0.05) is 38.3 Å². The van der Waals surface area contributed by atoms with Crippen LogP contribution in [0.3, 0.4) is 0 Å². The van der Waals surface area contributed by atoms with Gasteiger partial charge in [0.25, 0.3) is 0 Å².